The molecule has 2 N–H and O–H groups in total. The van der Waals surface area contributed by atoms with Crippen molar-refractivity contribution in [3.63, 3.8) is 0 Å². The van der Waals surface area contributed by atoms with Gasteiger partial charge in [0.15, 0.2) is 0 Å². The van der Waals surface area contributed by atoms with Crippen LogP contribution in [0, 0.1) is 0 Å². The highest BCUT2D eigenvalue weighted by Crippen LogP contribution is 2.38. The lowest BCUT2D eigenvalue weighted by Gasteiger charge is -2.30. The van der Waals surface area contributed by atoms with E-state index in [2.05, 4.69) is 41.5 Å². The molecule has 0 aromatic heterocycles. The first-order chi connectivity index (χ1) is 8.01. The normalized spacial score (nSPS) is 12.9. The Labute approximate surface area is 111 Å². The Bertz CT molecular complexity index is 414. The van der Waals surface area contributed by atoms with E-state index >= 15 is 0 Å². The molecule has 1 aromatic carbocycles. The second kappa shape index (κ2) is 5.16. The third-order valence-electron chi connectivity index (χ3n) is 2.79. The topological polar surface area (TPSA) is 49.7 Å². The maximum absolute atomic E-state index is 8.93. The van der Waals surface area contributed by atoms with E-state index in [-0.39, 0.29) is 10.8 Å². The van der Waals surface area contributed by atoms with E-state index in [1.165, 1.54) is 11.1 Å². The van der Waals surface area contributed by atoms with Gasteiger partial charge < -0.3 is 14.3 Å². The lowest BCUT2D eigenvalue weighted by molar-refractivity contribution is 0.374. The van der Waals surface area contributed by atoms with Crippen LogP contribution in [0.4, 0.5) is 0 Å². The Kier molecular flexibility index (Phi) is 4.42. The molecule has 0 saturated carbocycles. The van der Waals surface area contributed by atoms with Crippen LogP contribution < -0.4 is 4.52 Å². The van der Waals surface area contributed by atoms with Crippen LogP contribution in [-0.4, -0.2) is 9.79 Å². The van der Waals surface area contributed by atoms with E-state index in [1.54, 1.807) is 6.07 Å². The van der Waals surface area contributed by atoms with Crippen molar-refractivity contribution in [1.29, 1.82) is 0 Å². The largest absolute Gasteiger partial charge is 0.427 e. The monoisotopic (exact) mass is 270 g/mol. The molecule has 1 rings (SSSR count). The third-order valence-corrected chi connectivity index (χ3v) is 3.17. The minimum atomic E-state index is -2.36. The van der Waals surface area contributed by atoms with Gasteiger partial charge in [0.1, 0.15) is 5.75 Å². The highest BCUT2D eigenvalue weighted by atomic mass is 31.2. The predicted molar refractivity (Wildman–Crippen MR) is 75.8 cm³/mol. The molecule has 0 atom stereocenters. The maximum atomic E-state index is 8.93. The molecular weight excluding hydrogens is 247 g/mol. The van der Waals surface area contributed by atoms with E-state index in [0.717, 1.165) is 0 Å². The molecule has 1 aromatic rings. The minimum absolute atomic E-state index is 0.0182. The molecular formula is C14H23O3P. The zero-order chi connectivity index (χ0) is 14.1. The number of rotatable bonds is 2. The predicted octanol–water partition coefficient (Wildman–Crippen LogP) is 3.87. The first kappa shape index (κ1) is 15.4. The molecule has 0 aliphatic rings. The van der Waals surface area contributed by atoms with Gasteiger partial charge in [0.25, 0.3) is 0 Å². The highest BCUT2D eigenvalue weighted by Gasteiger charge is 2.25. The fourth-order valence-corrected chi connectivity index (χ4v) is 2.25. The number of benzene rings is 1. The van der Waals surface area contributed by atoms with E-state index < -0.39 is 8.60 Å². The van der Waals surface area contributed by atoms with Gasteiger partial charge in [-0.3, -0.25) is 0 Å². The summed E-state index contributed by atoms with van der Waals surface area (Å²) in [6.07, 6.45) is 0. The molecule has 0 saturated heterocycles. The van der Waals surface area contributed by atoms with Gasteiger partial charge in [-0.15, -0.1) is 0 Å². The molecule has 0 spiro atoms. The van der Waals surface area contributed by atoms with Crippen LogP contribution in [0.15, 0.2) is 18.2 Å². The zero-order valence-electron chi connectivity index (χ0n) is 12.0. The Morgan fingerprint density at radius 3 is 1.78 bits per heavy atom. The van der Waals surface area contributed by atoms with Gasteiger partial charge in [-0.2, -0.15) is 0 Å². The standard InChI is InChI=1S/C14H23O3P/c1-13(2,3)11-8-7-10(17-18(15)16)9-12(11)14(4,5)6/h7-9,15-16H,1-6H3. The van der Waals surface area contributed by atoms with Gasteiger partial charge in [-0.1, -0.05) is 47.6 Å². The van der Waals surface area contributed by atoms with E-state index in [1.807, 2.05) is 12.1 Å². The Hall–Kier alpha value is -0.630. The zero-order valence-corrected chi connectivity index (χ0v) is 12.9. The summed E-state index contributed by atoms with van der Waals surface area (Å²) < 4.78 is 4.99. The molecule has 0 amide bonds. The molecule has 0 unspecified atom stereocenters. The van der Waals surface area contributed by atoms with E-state index in [4.69, 9.17) is 14.3 Å². The molecule has 0 fully saturated rings. The van der Waals surface area contributed by atoms with Gasteiger partial charge in [-0.05, 0) is 34.1 Å². The molecule has 0 aliphatic heterocycles. The minimum Gasteiger partial charge on any atom is -0.427 e. The van der Waals surface area contributed by atoms with Crippen molar-refractivity contribution in [2.45, 2.75) is 52.4 Å². The van der Waals surface area contributed by atoms with Crippen molar-refractivity contribution < 1.29 is 14.3 Å². The van der Waals surface area contributed by atoms with Crippen molar-refractivity contribution in [3.8, 4) is 5.75 Å². The third kappa shape index (κ3) is 3.94. The molecule has 4 heteroatoms. The molecule has 102 valence electrons. The quantitative estimate of drug-likeness (QED) is 0.802. The van der Waals surface area contributed by atoms with Crippen molar-refractivity contribution in [1.82, 2.24) is 0 Å². The SMILES string of the molecule is CC(C)(C)c1ccc(OP(O)O)cc1C(C)(C)C. The van der Waals surface area contributed by atoms with Crippen LogP contribution in [0.2, 0.25) is 0 Å². The van der Waals surface area contributed by atoms with Gasteiger partial charge in [0.2, 0.25) is 0 Å². The second-order valence-electron chi connectivity index (χ2n) is 6.55. The van der Waals surface area contributed by atoms with Gasteiger partial charge in [0.05, 0.1) is 0 Å². The average Bonchev–Trinajstić information content (AvgIpc) is 2.13. The lowest BCUT2D eigenvalue weighted by atomic mass is 9.75. The summed E-state index contributed by atoms with van der Waals surface area (Å²) in [5.74, 6) is 0.504. The van der Waals surface area contributed by atoms with Gasteiger partial charge in [0, 0.05) is 0 Å². The molecule has 18 heavy (non-hydrogen) atoms. The first-order valence-electron chi connectivity index (χ1n) is 6.02. The average molecular weight is 270 g/mol. The number of hydrogen-bond donors (Lipinski definition) is 2. The summed E-state index contributed by atoms with van der Waals surface area (Å²) in [5.41, 5.74) is 2.45. The summed E-state index contributed by atoms with van der Waals surface area (Å²) in [7, 11) is -2.36. The van der Waals surface area contributed by atoms with Gasteiger partial charge in [-0.25, -0.2) is 0 Å². The van der Waals surface area contributed by atoms with E-state index in [0.29, 0.717) is 5.75 Å². The Balaban J connectivity index is 3.31. The van der Waals surface area contributed by atoms with Crippen molar-refractivity contribution >= 4 is 8.60 Å². The molecule has 3 nitrogen and oxygen atoms in total. The van der Waals surface area contributed by atoms with E-state index in [9.17, 15) is 0 Å². The van der Waals surface area contributed by atoms with Crippen LogP contribution >= 0.6 is 8.60 Å². The molecule has 0 radical (unpaired) electrons. The van der Waals surface area contributed by atoms with Crippen LogP contribution in [0.25, 0.3) is 0 Å². The van der Waals surface area contributed by atoms with Crippen LogP contribution in [0.5, 0.6) is 5.75 Å². The molecule has 0 bridgehead atoms. The molecule has 0 aliphatic carbocycles. The summed E-state index contributed by atoms with van der Waals surface area (Å²) in [6.45, 7) is 12.9. The summed E-state index contributed by atoms with van der Waals surface area (Å²) in [4.78, 5) is 17.9. The smallest absolute Gasteiger partial charge is 0.391 e. The Morgan fingerprint density at radius 1 is 0.889 bits per heavy atom. The second-order valence-corrected chi connectivity index (χ2v) is 7.24. The van der Waals surface area contributed by atoms with Crippen LogP contribution in [0.1, 0.15) is 52.7 Å². The maximum Gasteiger partial charge on any atom is 0.391 e. The summed E-state index contributed by atoms with van der Waals surface area (Å²) in [5, 5.41) is 0. The fraction of sp³-hybridized carbons (Fsp3) is 0.571. The Morgan fingerprint density at radius 2 is 1.39 bits per heavy atom. The summed E-state index contributed by atoms with van der Waals surface area (Å²) in [6, 6.07) is 5.70. The van der Waals surface area contributed by atoms with Crippen LogP contribution in [-0.2, 0) is 10.8 Å². The van der Waals surface area contributed by atoms with Crippen molar-refractivity contribution in [2.24, 2.45) is 0 Å². The summed E-state index contributed by atoms with van der Waals surface area (Å²) >= 11 is 0. The molecule has 0 heterocycles. The first-order valence-corrected chi connectivity index (χ1v) is 7.19. The lowest BCUT2D eigenvalue weighted by Crippen LogP contribution is -2.21. The highest BCUT2D eigenvalue weighted by molar-refractivity contribution is 7.39. The number of hydrogen-bond acceptors (Lipinski definition) is 3. The van der Waals surface area contributed by atoms with Gasteiger partial charge >= 0.3 is 8.60 Å². The fourth-order valence-electron chi connectivity index (χ4n) is 1.95. The van der Waals surface area contributed by atoms with Crippen LogP contribution in [0.3, 0.4) is 0 Å². The van der Waals surface area contributed by atoms with Crippen molar-refractivity contribution in [2.75, 3.05) is 0 Å². The van der Waals surface area contributed by atoms with Crippen molar-refractivity contribution in [3.05, 3.63) is 29.3 Å².